The molecular weight excluding hydrogens is 250 g/mol. The maximum absolute atomic E-state index is 6.17. The van der Waals surface area contributed by atoms with Crippen molar-refractivity contribution in [1.82, 2.24) is 0 Å². The van der Waals surface area contributed by atoms with Gasteiger partial charge >= 0.3 is 0 Å². The molecule has 0 amide bonds. The molecule has 1 N–H and O–H groups in total. The van der Waals surface area contributed by atoms with E-state index in [1.807, 2.05) is 25.1 Å². The average Bonchev–Trinajstić information content (AvgIpc) is 2.36. The summed E-state index contributed by atoms with van der Waals surface area (Å²) in [4.78, 5) is 0. The molecule has 3 nitrogen and oxygen atoms in total. The first-order valence-corrected chi connectivity index (χ1v) is 6.68. The van der Waals surface area contributed by atoms with Crippen LogP contribution in [0.1, 0.15) is 27.2 Å². The van der Waals surface area contributed by atoms with Crippen LogP contribution in [0.4, 0.5) is 5.69 Å². The van der Waals surface area contributed by atoms with Gasteiger partial charge in [0.2, 0.25) is 0 Å². The van der Waals surface area contributed by atoms with Crippen LogP contribution >= 0.6 is 11.6 Å². The Kier molecular flexibility index (Phi) is 6.30. The summed E-state index contributed by atoms with van der Waals surface area (Å²) >= 11 is 6.17. The van der Waals surface area contributed by atoms with E-state index in [-0.39, 0.29) is 12.1 Å². The Labute approximate surface area is 114 Å². The maximum Gasteiger partial charge on any atom is 0.138 e. The lowest BCUT2D eigenvalue weighted by atomic mass is 10.2. The molecule has 0 heterocycles. The van der Waals surface area contributed by atoms with Crippen molar-refractivity contribution in [3.63, 3.8) is 0 Å². The van der Waals surface area contributed by atoms with E-state index in [0.29, 0.717) is 11.6 Å². The predicted molar refractivity (Wildman–Crippen MR) is 76.8 cm³/mol. The summed E-state index contributed by atoms with van der Waals surface area (Å²) in [5, 5.41) is 3.98. The second-order valence-electron chi connectivity index (χ2n) is 4.37. The molecule has 1 aromatic rings. The summed E-state index contributed by atoms with van der Waals surface area (Å²) in [6.07, 6.45) is 1.11. The van der Waals surface area contributed by atoms with Crippen molar-refractivity contribution in [3.05, 3.63) is 23.2 Å². The third-order valence-corrected chi connectivity index (χ3v) is 3.16. The highest BCUT2D eigenvalue weighted by atomic mass is 35.5. The van der Waals surface area contributed by atoms with Crippen LogP contribution in [0.5, 0.6) is 5.75 Å². The number of hydrogen-bond donors (Lipinski definition) is 1. The number of hydrogen-bond acceptors (Lipinski definition) is 3. The molecule has 0 saturated heterocycles. The lowest BCUT2D eigenvalue weighted by Gasteiger charge is -2.21. The van der Waals surface area contributed by atoms with Gasteiger partial charge < -0.3 is 14.8 Å². The van der Waals surface area contributed by atoms with Crippen molar-refractivity contribution in [2.45, 2.75) is 39.3 Å². The fraction of sp³-hybridized carbons (Fsp3) is 0.571. The fourth-order valence-corrected chi connectivity index (χ4v) is 1.74. The molecule has 2 atom stereocenters. The quantitative estimate of drug-likeness (QED) is 0.814. The van der Waals surface area contributed by atoms with Crippen molar-refractivity contribution in [2.75, 3.05) is 19.0 Å². The van der Waals surface area contributed by atoms with Gasteiger partial charge in [0, 0.05) is 18.8 Å². The zero-order valence-electron chi connectivity index (χ0n) is 11.5. The summed E-state index contributed by atoms with van der Waals surface area (Å²) in [5.74, 6) is 0.733. The van der Waals surface area contributed by atoms with E-state index in [1.54, 1.807) is 7.11 Å². The van der Waals surface area contributed by atoms with Crippen LogP contribution in [-0.2, 0) is 4.74 Å². The van der Waals surface area contributed by atoms with Gasteiger partial charge in [-0.1, -0.05) is 18.5 Å². The first-order valence-electron chi connectivity index (χ1n) is 6.30. The average molecular weight is 272 g/mol. The second-order valence-corrected chi connectivity index (χ2v) is 4.77. The van der Waals surface area contributed by atoms with Crippen LogP contribution in [0, 0.1) is 0 Å². The lowest BCUT2D eigenvalue weighted by molar-refractivity contribution is 0.106. The number of benzene rings is 1. The Morgan fingerprint density at radius 2 is 2.06 bits per heavy atom. The minimum Gasteiger partial charge on any atom is -0.492 e. The molecule has 0 aromatic heterocycles. The van der Waals surface area contributed by atoms with Gasteiger partial charge in [0.15, 0.2) is 0 Å². The smallest absolute Gasteiger partial charge is 0.138 e. The van der Waals surface area contributed by atoms with E-state index in [2.05, 4.69) is 19.2 Å². The molecule has 1 aromatic carbocycles. The molecule has 0 fully saturated rings. The highest BCUT2D eigenvalue weighted by molar-refractivity contribution is 6.32. The summed E-state index contributed by atoms with van der Waals surface area (Å²) in [6, 6.07) is 5.96. The van der Waals surface area contributed by atoms with Gasteiger partial charge in [-0.3, -0.25) is 0 Å². The molecule has 0 saturated carbocycles. The number of methoxy groups -OCH3 is 1. The molecule has 0 aliphatic carbocycles. The SMILES string of the molecule is CCCOc1ccc(NC(C)C(C)OC)cc1Cl. The number of ether oxygens (including phenoxy) is 2. The minimum absolute atomic E-state index is 0.139. The molecule has 102 valence electrons. The molecule has 4 heteroatoms. The molecule has 0 bridgehead atoms. The fourth-order valence-electron chi connectivity index (χ4n) is 1.50. The number of anilines is 1. The summed E-state index contributed by atoms with van der Waals surface area (Å²) in [5.41, 5.74) is 0.972. The third-order valence-electron chi connectivity index (χ3n) is 2.86. The Balaban J connectivity index is 2.66. The van der Waals surface area contributed by atoms with Gasteiger partial charge in [-0.15, -0.1) is 0 Å². The van der Waals surface area contributed by atoms with Crippen molar-refractivity contribution in [2.24, 2.45) is 0 Å². The van der Waals surface area contributed by atoms with Gasteiger partial charge in [-0.25, -0.2) is 0 Å². The predicted octanol–water partition coefficient (Wildman–Crippen LogP) is 3.96. The molecule has 1 rings (SSSR count). The molecule has 0 aliphatic rings. The van der Waals surface area contributed by atoms with E-state index >= 15 is 0 Å². The van der Waals surface area contributed by atoms with E-state index in [9.17, 15) is 0 Å². The maximum atomic E-state index is 6.17. The Morgan fingerprint density at radius 3 is 2.61 bits per heavy atom. The van der Waals surface area contributed by atoms with Gasteiger partial charge in [0.1, 0.15) is 5.75 Å². The van der Waals surface area contributed by atoms with Gasteiger partial charge in [-0.2, -0.15) is 0 Å². The number of halogens is 1. The number of rotatable bonds is 7. The van der Waals surface area contributed by atoms with Gasteiger partial charge in [-0.05, 0) is 38.5 Å². The van der Waals surface area contributed by atoms with Gasteiger partial charge in [0.25, 0.3) is 0 Å². The van der Waals surface area contributed by atoms with Crippen LogP contribution in [0.3, 0.4) is 0 Å². The van der Waals surface area contributed by atoms with E-state index in [4.69, 9.17) is 21.1 Å². The molecule has 0 spiro atoms. The van der Waals surface area contributed by atoms with Crippen molar-refractivity contribution < 1.29 is 9.47 Å². The summed E-state index contributed by atoms with van der Waals surface area (Å²) in [6.45, 7) is 6.85. The van der Waals surface area contributed by atoms with Crippen LogP contribution in [0.2, 0.25) is 5.02 Å². The third kappa shape index (κ3) is 4.39. The Bertz CT molecular complexity index is 371. The van der Waals surface area contributed by atoms with Crippen LogP contribution in [-0.4, -0.2) is 25.9 Å². The van der Waals surface area contributed by atoms with Crippen LogP contribution in [0.15, 0.2) is 18.2 Å². The molecule has 0 aliphatic heterocycles. The zero-order valence-corrected chi connectivity index (χ0v) is 12.3. The highest BCUT2D eigenvalue weighted by Gasteiger charge is 2.11. The Hall–Kier alpha value is -0.930. The molecular formula is C14H22ClNO2. The van der Waals surface area contributed by atoms with Gasteiger partial charge in [0.05, 0.1) is 17.7 Å². The molecule has 18 heavy (non-hydrogen) atoms. The van der Waals surface area contributed by atoms with Crippen LogP contribution in [0.25, 0.3) is 0 Å². The monoisotopic (exact) mass is 271 g/mol. The minimum atomic E-state index is 0.139. The highest BCUT2D eigenvalue weighted by Crippen LogP contribution is 2.28. The van der Waals surface area contributed by atoms with Crippen molar-refractivity contribution >= 4 is 17.3 Å². The largest absolute Gasteiger partial charge is 0.492 e. The van der Waals surface area contributed by atoms with E-state index in [1.165, 1.54) is 0 Å². The van der Waals surface area contributed by atoms with E-state index < -0.39 is 0 Å². The van der Waals surface area contributed by atoms with Crippen molar-refractivity contribution in [3.8, 4) is 5.75 Å². The van der Waals surface area contributed by atoms with E-state index in [0.717, 1.165) is 17.9 Å². The van der Waals surface area contributed by atoms with Crippen LogP contribution < -0.4 is 10.1 Å². The second kappa shape index (κ2) is 7.49. The first-order chi connectivity index (χ1) is 8.58. The van der Waals surface area contributed by atoms with Crippen molar-refractivity contribution in [1.29, 1.82) is 0 Å². The molecule has 2 unspecified atom stereocenters. The lowest BCUT2D eigenvalue weighted by Crippen LogP contribution is -2.29. The number of nitrogens with one attached hydrogen (secondary N) is 1. The first kappa shape index (κ1) is 15.1. The summed E-state index contributed by atoms with van der Waals surface area (Å²) < 4.78 is 10.8. The molecule has 0 radical (unpaired) electrons. The topological polar surface area (TPSA) is 30.5 Å². The standard InChI is InChI=1S/C14H22ClNO2/c1-5-8-18-14-7-6-12(9-13(14)15)16-10(2)11(3)17-4/h6-7,9-11,16H,5,8H2,1-4H3. The summed E-state index contributed by atoms with van der Waals surface area (Å²) in [7, 11) is 1.71. The Morgan fingerprint density at radius 1 is 1.33 bits per heavy atom. The zero-order chi connectivity index (χ0) is 13.5. The normalized spacial score (nSPS) is 14.1.